The topological polar surface area (TPSA) is 328 Å². The van der Waals surface area contributed by atoms with Gasteiger partial charge in [0.15, 0.2) is 28.2 Å². The molecule has 17 heterocycles. The van der Waals surface area contributed by atoms with E-state index in [1.165, 1.54) is 6.07 Å². The molecular formula is C94H95Br2FN25O5+3. The zero-order valence-electron chi connectivity index (χ0n) is 70.1. The van der Waals surface area contributed by atoms with Gasteiger partial charge in [-0.3, -0.25) is 25.6 Å². The number of nitrogens with one attached hydrogen (secondary N) is 5. The van der Waals surface area contributed by atoms with Gasteiger partial charge >= 0.3 is 0 Å². The van der Waals surface area contributed by atoms with Gasteiger partial charge in [0.1, 0.15) is 34.9 Å². The van der Waals surface area contributed by atoms with E-state index >= 15 is 0 Å². The Morgan fingerprint density at radius 1 is 0.370 bits per heavy atom. The first-order valence-electron chi connectivity index (χ1n) is 42.0. The Balaban J connectivity index is 0.000000117. The Morgan fingerprint density at radius 3 is 1.06 bits per heavy atom. The third-order valence-electron chi connectivity index (χ3n) is 21.6. The van der Waals surface area contributed by atoms with Crippen LogP contribution in [0.4, 0.5) is 33.5 Å². The van der Waals surface area contributed by atoms with Crippen molar-refractivity contribution in [1.82, 2.24) is 83.0 Å². The van der Waals surface area contributed by atoms with Crippen LogP contribution in [0.15, 0.2) is 278 Å². The Labute approximate surface area is 747 Å². The van der Waals surface area contributed by atoms with E-state index in [0.29, 0.717) is 67.3 Å². The van der Waals surface area contributed by atoms with Gasteiger partial charge in [0.2, 0.25) is 37.2 Å². The van der Waals surface area contributed by atoms with Gasteiger partial charge in [-0.1, -0.05) is 106 Å². The van der Waals surface area contributed by atoms with Crippen LogP contribution in [0.3, 0.4) is 0 Å². The smallest absolute Gasteiger partial charge is 0.227 e. The minimum atomic E-state index is -0.317. The lowest BCUT2D eigenvalue weighted by atomic mass is 9.96. The lowest BCUT2D eigenvalue weighted by Gasteiger charge is -2.22. The quantitative estimate of drug-likeness (QED) is 0.0218. The molecule has 2 saturated heterocycles. The van der Waals surface area contributed by atoms with Crippen LogP contribution in [0.25, 0.3) is 62.0 Å². The molecule has 2 aliphatic rings. The molecule has 2 aliphatic heterocycles. The number of pyridine rings is 5. The fourth-order valence-electron chi connectivity index (χ4n) is 14.9. The molecule has 15 aromatic heterocycles. The fraction of sp³-hybridized carbons (Fsp3) is 0.223. The van der Waals surface area contributed by atoms with E-state index in [2.05, 4.69) is 161 Å². The molecule has 18 aromatic rings. The van der Waals surface area contributed by atoms with Crippen LogP contribution in [0, 0.1) is 5.82 Å². The van der Waals surface area contributed by atoms with Crippen LogP contribution < -0.4 is 40.8 Å². The summed E-state index contributed by atoms with van der Waals surface area (Å²) < 4.78 is 39.2. The van der Waals surface area contributed by atoms with Crippen molar-refractivity contribution in [3.8, 4) is 33.8 Å². The third-order valence-corrected chi connectivity index (χ3v) is 22.7. The number of ether oxygens (including phenoxy) is 2. The summed E-state index contributed by atoms with van der Waals surface area (Å²) in [5.41, 5.74) is 19.6. The normalized spacial score (nSPS) is 12.8. The number of hydrogen-bond donors (Lipinski definition) is 8. The zero-order chi connectivity index (χ0) is 87.4. The van der Waals surface area contributed by atoms with Gasteiger partial charge in [-0.25, -0.2) is 29.3 Å². The monoisotopic (exact) mass is 1830 g/mol. The Hall–Kier alpha value is -14.3. The number of nitrogens with zero attached hydrogens (tertiary/aromatic N) is 20. The standard InChI is InChI=1S/C20H19FN5O.C20H20N5O.C20H19N5.C17H19BrN5O2.C17H18BrN5O/c1-2-15-12-23-26-19(22-11-14-6-5-9-25(27)13-14)10-18(24-20(15)26)16-7-3-4-8-17(16)21;1-2-16-13-22-25-19(21-12-15-7-6-10-24(26)14-15)11-18(23-20(16)25)17-8-4-3-5-9-17;1-2-16-14-23-25-19(22-13-15-7-6-10-21-12-15)11-18(24-20(16)25)17-8-4-3-5-9-17;18-14-10-20-23-16(19-9-12-2-1-5-22(24)11-12)8-15(21-17(14)23)13-3-6-25-7-4-13;18-14-11-21-23-16(20-10-12-2-1-5-19-9-12)8-15(22-17(14)23)13-3-6-24-7-4-13/h3-10,12-13,22,27H,2,11H2,1H3;3-11,13-14,21,26H,2,12H2,1H3;3-12,14,22H,2,13H2,1H3;1-2,5,8,10-11,13,19,24H,3-4,6-7,9H2;1-2,5,8-9,11,13,20H,3-4,6-7,10H2/q2*+1;;+1;. The number of benzene rings is 3. The summed E-state index contributed by atoms with van der Waals surface area (Å²) in [5.74, 6) is 4.83. The summed E-state index contributed by atoms with van der Waals surface area (Å²) in [6, 6.07) is 56.1. The molecule has 30 nitrogen and oxygen atoms in total. The molecule has 8 N–H and O–H groups in total. The van der Waals surface area contributed by atoms with Crippen LogP contribution in [-0.4, -0.2) is 125 Å². The molecule has 0 saturated carbocycles. The van der Waals surface area contributed by atoms with Crippen LogP contribution in [0.5, 0.6) is 0 Å². The minimum Gasteiger partial charge on any atom is -0.381 e. The van der Waals surface area contributed by atoms with Gasteiger partial charge in [-0.15, -0.1) is 0 Å². The molecule has 2 fully saturated rings. The Bertz CT molecular complexity index is 6720. The first-order valence-corrected chi connectivity index (χ1v) is 43.6. The van der Waals surface area contributed by atoms with Crippen LogP contribution >= 0.6 is 31.9 Å². The number of anilines is 5. The van der Waals surface area contributed by atoms with Crippen molar-refractivity contribution in [3.63, 3.8) is 0 Å². The van der Waals surface area contributed by atoms with Crippen LogP contribution in [0.2, 0.25) is 0 Å². The SMILES string of the molecule is Brc1cnn2c(NCc3cccnc3)cc(C3CCOCC3)nc12.CCc1cnn2c(NCc3ccc[n+](O)c3)cc(-c3ccccc3)nc12.CCc1cnn2c(NCc3ccc[n+](O)c3)cc(-c3ccccc3F)nc12.CCc1cnn2c(NCc3cccnc3)cc(-c3ccccc3)nc12.O[n+]1cccc(CNc2cc(C3CCOCC3)nc3c(Br)cnn23)c1. The van der Waals surface area contributed by atoms with E-state index in [-0.39, 0.29) is 5.82 Å². The number of fused-ring (bicyclic) bond motifs is 5. The maximum absolute atomic E-state index is 14.3. The first-order chi connectivity index (χ1) is 62.3. The van der Waals surface area contributed by atoms with Gasteiger partial charge < -0.3 is 36.1 Å². The van der Waals surface area contributed by atoms with Crippen molar-refractivity contribution < 1.29 is 43.7 Å². The highest BCUT2D eigenvalue weighted by molar-refractivity contribution is 9.11. The van der Waals surface area contributed by atoms with Crippen LogP contribution in [-0.2, 0) is 61.5 Å². The molecule has 33 heteroatoms. The molecule has 0 bridgehead atoms. The van der Waals surface area contributed by atoms with Gasteiger partial charge in [-0.2, -0.15) is 48.1 Å². The molecule has 20 rings (SSSR count). The second-order valence-corrected chi connectivity index (χ2v) is 31.9. The summed E-state index contributed by atoms with van der Waals surface area (Å²) in [6.07, 6.45) is 32.6. The number of hydrogen-bond acceptors (Lipinski definition) is 22. The molecule has 0 radical (unpaired) electrons. The Kier molecular flexibility index (Phi) is 28.2. The predicted molar refractivity (Wildman–Crippen MR) is 487 cm³/mol. The van der Waals surface area contributed by atoms with Crippen molar-refractivity contribution in [2.75, 3.05) is 53.0 Å². The van der Waals surface area contributed by atoms with Gasteiger partial charge in [0.25, 0.3) is 0 Å². The number of halogens is 3. The summed E-state index contributed by atoms with van der Waals surface area (Å²) in [6.45, 7) is 12.4. The second kappa shape index (κ2) is 41.5. The summed E-state index contributed by atoms with van der Waals surface area (Å²) in [4.78, 5) is 32.3. The highest BCUT2D eigenvalue weighted by Crippen LogP contribution is 2.34. The fourth-order valence-corrected chi connectivity index (χ4v) is 15.5. The molecule has 0 unspecified atom stereocenters. The van der Waals surface area contributed by atoms with E-state index in [9.17, 15) is 20.0 Å². The molecule has 0 spiro atoms. The van der Waals surface area contributed by atoms with E-state index in [1.54, 1.807) is 120 Å². The number of aromatic nitrogens is 20. The summed E-state index contributed by atoms with van der Waals surface area (Å²) >= 11 is 7.08. The molecule has 3 aromatic carbocycles. The predicted octanol–water partition coefficient (Wildman–Crippen LogP) is 16.2. The maximum atomic E-state index is 14.3. The summed E-state index contributed by atoms with van der Waals surface area (Å²) in [7, 11) is 0. The van der Waals surface area contributed by atoms with E-state index in [4.69, 9.17) is 29.4 Å². The molecule has 0 aliphatic carbocycles. The average molecular weight is 1830 g/mol. The van der Waals surface area contributed by atoms with Crippen molar-refractivity contribution in [2.24, 2.45) is 0 Å². The lowest BCUT2D eigenvalue weighted by Crippen LogP contribution is -2.29. The summed E-state index contributed by atoms with van der Waals surface area (Å²) in [5, 5.41) is 68.0. The maximum Gasteiger partial charge on any atom is 0.227 e. The number of rotatable bonds is 23. The highest BCUT2D eigenvalue weighted by Gasteiger charge is 2.25. The van der Waals surface area contributed by atoms with Crippen LogP contribution in [0.1, 0.15) is 114 Å². The molecule has 127 heavy (non-hydrogen) atoms. The van der Waals surface area contributed by atoms with E-state index in [1.807, 2.05) is 124 Å². The first kappa shape index (κ1) is 86.2. The van der Waals surface area contributed by atoms with Gasteiger partial charge in [0, 0.05) is 220 Å². The van der Waals surface area contributed by atoms with Gasteiger partial charge in [0.05, 0.1) is 57.0 Å². The molecule has 0 amide bonds. The van der Waals surface area contributed by atoms with Crippen molar-refractivity contribution in [2.45, 2.75) is 110 Å². The third kappa shape index (κ3) is 21.4. The second-order valence-electron chi connectivity index (χ2n) is 30.2. The minimum absolute atomic E-state index is 0.317. The molecule has 644 valence electrons. The van der Waals surface area contributed by atoms with Gasteiger partial charge in [-0.05, 0) is 130 Å². The average Bonchev–Trinajstić information content (AvgIpc) is 1.72. The van der Waals surface area contributed by atoms with Crippen molar-refractivity contribution >= 4 is 89.2 Å². The Morgan fingerprint density at radius 2 is 0.701 bits per heavy atom. The highest BCUT2D eigenvalue weighted by atomic mass is 79.9. The zero-order valence-corrected chi connectivity index (χ0v) is 73.3. The van der Waals surface area contributed by atoms with E-state index < -0.39 is 0 Å². The molecule has 0 atom stereocenters. The largest absolute Gasteiger partial charge is 0.381 e. The lowest BCUT2D eigenvalue weighted by molar-refractivity contribution is -0.905. The van der Waals surface area contributed by atoms with E-state index in [0.717, 1.165) is 219 Å². The van der Waals surface area contributed by atoms with Crippen molar-refractivity contribution in [3.05, 3.63) is 340 Å². The van der Waals surface area contributed by atoms with Crippen molar-refractivity contribution in [1.29, 1.82) is 0 Å². The molecular weight excluding hydrogens is 1740 g/mol. The number of aryl methyl sites for hydroxylation is 3.